The molecule has 0 aromatic heterocycles. The second kappa shape index (κ2) is 28.6. The Morgan fingerprint density at radius 2 is 1.27 bits per heavy atom. The van der Waals surface area contributed by atoms with Gasteiger partial charge in [-0.1, -0.05) is 59.3 Å². The molecule has 134 valence electrons. The van der Waals surface area contributed by atoms with E-state index in [1.165, 1.54) is 51.5 Å². The van der Waals surface area contributed by atoms with Crippen LogP contribution in [0.15, 0.2) is 0 Å². The lowest BCUT2D eigenvalue weighted by Crippen LogP contribution is -2.36. The molecule has 0 aromatic rings. The van der Waals surface area contributed by atoms with E-state index in [1.54, 1.807) is 14.2 Å². The highest BCUT2D eigenvalue weighted by molar-refractivity contribution is 4.61. The van der Waals surface area contributed by atoms with Crippen molar-refractivity contribution in [2.24, 2.45) is 0 Å². The van der Waals surface area contributed by atoms with Crippen LogP contribution in [0.4, 0.5) is 0 Å². The van der Waals surface area contributed by atoms with Crippen molar-refractivity contribution in [3.8, 4) is 12.8 Å². The van der Waals surface area contributed by atoms with Gasteiger partial charge >= 0.3 is 0 Å². The van der Waals surface area contributed by atoms with Gasteiger partial charge in [0.1, 0.15) is 0 Å². The van der Waals surface area contributed by atoms with Crippen LogP contribution < -0.4 is 0 Å². The van der Waals surface area contributed by atoms with E-state index in [2.05, 4.69) is 29.4 Å². The quantitative estimate of drug-likeness (QED) is 0.482. The first-order valence-corrected chi connectivity index (χ1v) is 8.88. The Balaban J connectivity index is -0.000000446. The van der Waals surface area contributed by atoms with Crippen molar-refractivity contribution in [2.75, 3.05) is 47.1 Å². The fraction of sp³-hybridized carbons (Fsp3) is 0.895. The molecule has 0 aromatic carbocycles. The second-order valence-corrected chi connectivity index (χ2v) is 4.98. The molecule has 1 rings (SSSR count). The first kappa shape index (κ1) is 26.3. The Kier molecular flexibility index (Phi) is 34.2. The molecule has 0 bridgehead atoms. The average Bonchev–Trinajstić information content (AvgIpc) is 2.59. The lowest BCUT2D eigenvalue weighted by Gasteiger charge is -2.26. The molecule has 22 heavy (non-hydrogen) atoms. The summed E-state index contributed by atoms with van der Waals surface area (Å²) in [6.07, 6.45) is 17.9. The van der Waals surface area contributed by atoms with E-state index in [1.807, 2.05) is 13.8 Å². The molecule has 0 amide bonds. The molecule has 0 radical (unpaired) electrons. The van der Waals surface area contributed by atoms with Crippen LogP contribution in [0.5, 0.6) is 0 Å². The molecule has 1 saturated heterocycles. The summed E-state index contributed by atoms with van der Waals surface area (Å²) in [7, 11) is 3.25. The van der Waals surface area contributed by atoms with E-state index in [0.29, 0.717) is 0 Å². The molecule has 0 saturated carbocycles. The van der Waals surface area contributed by atoms with Gasteiger partial charge in [-0.25, -0.2) is 0 Å². The number of methoxy groups -OCH3 is 1. The van der Waals surface area contributed by atoms with Gasteiger partial charge in [-0.15, -0.1) is 12.8 Å². The van der Waals surface area contributed by atoms with Gasteiger partial charge in [-0.3, -0.25) is 4.90 Å². The Morgan fingerprint density at radius 1 is 0.864 bits per heavy atom. The number of terminal acetylenes is 1. The van der Waals surface area contributed by atoms with Crippen LogP contribution in [0.2, 0.25) is 0 Å². The minimum absolute atomic E-state index is 0.941. The van der Waals surface area contributed by atoms with E-state index in [9.17, 15) is 0 Å². The highest BCUT2D eigenvalue weighted by Crippen LogP contribution is 2.08. The van der Waals surface area contributed by atoms with Crippen LogP contribution in [0, 0.1) is 12.8 Å². The topological polar surface area (TPSA) is 21.7 Å². The number of hydrogen-bond donors (Lipinski definition) is 0. The minimum Gasteiger partial charge on any atom is -0.388 e. The molecule has 3 heteroatoms. The number of hydrogen-bond acceptors (Lipinski definition) is 3. The first-order valence-electron chi connectivity index (χ1n) is 8.88. The molecule has 0 spiro atoms. The summed E-state index contributed by atoms with van der Waals surface area (Å²) in [5.41, 5.74) is 0. The molecule has 1 heterocycles. The molecule has 3 nitrogen and oxygen atoms in total. The fourth-order valence-corrected chi connectivity index (χ4v) is 2.12. The van der Waals surface area contributed by atoms with Crippen molar-refractivity contribution in [2.45, 2.75) is 65.7 Å². The molecule has 1 aliphatic heterocycles. The van der Waals surface area contributed by atoms with Crippen LogP contribution in [-0.4, -0.2) is 52.0 Å². The molecule has 1 fully saturated rings. The molecule has 0 N–H and O–H groups in total. The maximum atomic E-state index is 5.33. The summed E-state index contributed by atoms with van der Waals surface area (Å²) in [4.78, 5) is 2.54. The maximum absolute atomic E-state index is 5.33. The van der Waals surface area contributed by atoms with Crippen molar-refractivity contribution in [1.29, 1.82) is 0 Å². The SMILES string of the molecule is C#C.CC.CCCCCCCCCN1CCOCC1.COC. The lowest BCUT2D eigenvalue weighted by molar-refractivity contribution is 0.0371. The van der Waals surface area contributed by atoms with Gasteiger partial charge in [0.2, 0.25) is 0 Å². The van der Waals surface area contributed by atoms with Gasteiger partial charge in [0.25, 0.3) is 0 Å². The van der Waals surface area contributed by atoms with Crippen molar-refractivity contribution in [3.05, 3.63) is 0 Å². The zero-order valence-electron chi connectivity index (χ0n) is 15.9. The van der Waals surface area contributed by atoms with Crippen molar-refractivity contribution in [3.63, 3.8) is 0 Å². The Morgan fingerprint density at radius 3 is 1.73 bits per heavy atom. The molecular weight excluding hydrogens is 274 g/mol. The Bertz CT molecular complexity index is 178. The minimum atomic E-state index is 0.941. The van der Waals surface area contributed by atoms with E-state index >= 15 is 0 Å². The zero-order valence-corrected chi connectivity index (χ0v) is 15.9. The largest absolute Gasteiger partial charge is 0.388 e. The molecule has 0 aliphatic carbocycles. The predicted molar refractivity (Wildman–Crippen MR) is 99.4 cm³/mol. The predicted octanol–water partition coefficient (Wildman–Crippen LogP) is 4.61. The highest BCUT2D eigenvalue weighted by atomic mass is 16.5. The van der Waals surface area contributed by atoms with Gasteiger partial charge in [0.15, 0.2) is 0 Å². The van der Waals surface area contributed by atoms with Crippen LogP contribution >= 0.6 is 0 Å². The van der Waals surface area contributed by atoms with Gasteiger partial charge in [0.05, 0.1) is 13.2 Å². The van der Waals surface area contributed by atoms with Crippen molar-refractivity contribution >= 4 is 0 Å². The second-order valence-electron chi connectivity index (χ2n) is 4.98. The molecular formula is C19H41NO2. The number of morpholine rings is 1. The standard InChI is InChI=1S/C13H27NO.C2H6O.C2H6.C2H2/c1-2-3-4-5-6-7-8-9-14-10-12-15-13-11-14;1-3-2;2*1-2/h2-13H2,1H3;1-2H3;1-2H3;1-2H. The third kappa shape index (κ3) is 24.5. The monoisotopic (exact) mass is 315 g/mol. The molecule has 0 unspecified atom stereocenters. The first-order chi connectivity index (χ1) is 10.8. The average molecular weight is 316 g/mol. The van der Waals surface area contributed by atoms with E-state index in [0.717, 1.165) is 26.3 Å². The Hall–Kier alpha value is -0.560. The highest BCUT2D eigenvalue weighted by Gasteiger charge is 2.08. The van der Waals surface area contributed by atoms with E-state index in [-0.39, 0.29) is 0 Å². The maximum Gasteiger partial charge on any atom is 0.0594 e. The third-order valence-electron chi connectivity index (χ3n) is 3.18. The number of ether oxygens (including phenoxy) is 2. The van der Waals surface area contributed by atoms with Crippen LogP contribution in [0.25, 0.3) is 0 Å². The van der Waals surface area contributed by atoms with Gasteiger partial charge in [-0.2, -0.15) is 0 Å². The van der Waals surface area contributed by atoms with Crippen LogP contribution in [0.3, 0.4) is 0 Å². The number of rotatable bonds is 8. The van der Waals surface area contributed by atoms with E-state index < -0.39 is 0 Å². The zero-order chi connectivity index (χ0) is 17.5. The normalized spacial score (nSPS) is 13.6. The Labute approximate surface area is 140 Å². The van der Waals surface area contributed by atoms with Crippen molar-refractivity contribution < 1.29 is 9.47 Å². The van der Waals surface area contributed by atoms with E-state index in [4.69, 9.17) is 4.74 Å². The van der Waals surface area contributed by atoms with Crippen LogP contribution in [0.1, 0.15) is 65.7 Å². The third-order valence-corrected chi connectivity index (χ3v) is 3.18. The molecule has 1 aliphatic rings. The number of unbranched alkanes of at least 4 members (excludes halogenated alkanes) is 6. The number of nitrogens with zero attached hydrogens (tertiary/aromatic N) is 1. The summed E-state index contributed by atoms with van der Waals surface area (Å²) in [6.45, 7) is 11.7. The fourth-order valence-electron chi connectivity index (χ4n) is 2.12. The van der Waals surface area contributed by atoms with Gasteiger partial charge in [-0.05, 0) is 13.0 Å². The summed E-state index contributed by atoms with van der Waals surface area (Å²) in [6, 6.07) is 0. The van der Waals surface area contributed by atoms with Gasteiger partial charge < -0.3 is 9.47 Å². The smallest absolute Gasteiger partial charge is 0.0594 e. The summed E-state index contributed by atoms with van der Waals surface area (Å²) >= 11 is 0. The summed E-state index contributed by atoms with van der Waals surface area (Å²) in [5, 5.41) is 0. The van der Waals surface area contributed by atoms with Gasteiger partial charge in [0, 0.05) is 27.3 Å². The lowest BCUT2D eigenvalue weighted by atomic mass is 10.1. The van der Waals surface area contributed by atoms with Crippen molar-refractivity contribution in [1.82, 2.24) is 4.90 Å². The summed E-state index contributed by atoms with van der Waals surface area (Å²) in [5.74, 6) is 0. The van der Waals surface area contributed by atoms with Crippen LogP contribution in [-0.2, 0) is 9.47 Å². The molecule has 0 atom stereocenters. The summed E-state index contributed by atoms with van der Waals surface area (Å²) < 4.78 is 9.58.